The maximum atomic E-state index is 10.9. The molecule has 19 heavy (non-hydrogen) atoms. The number of aromatic nitrogens is 1. The van der Waals surface area contributed by atoms with Gasteiger partial charge in [-0.3, -0.25) is 10.1 Å². The summed E-state index contributed by atoms with van der Waals surface area (Å²) in [6.07, 6.45) is 3.05. The van der Waals surface area contributed by atoms with E-state index in [1.807, 2.05) is 0 Å². The van der Waals surface area contributed by atoms with Gasteiger partial charge in [0.2, 0.25) is 5.76 Å². The van der Waals surface area contributed by atoms with Crippen molar-refractivity contribution in [1.29, 1.82) is 0 Å². The molecule has 0 saturated carbocycles. The van der Waals surface area contributed by atoms with Crippen LogP contribution in [0.5, 0.6) is 0 Å². The third-order valence-electron chi connectivity index (χ3n) is 2.42. The Bertz CT molecular complexity index is 665. The molecule has 0 aliphatic carbocycles. The SMILES string of the molecule is Cc1noc(/C=C\c2ccc(Cl)cc2Cl)c1[N+](=O)[O-]. The summed E-state index contributed by atoms with van der Waals surface area (Å²) in [6.45, 7) is 1.51. The Hall–Kier alpha value is -1.85. The van der Waals surface area contributed by atoms with Crippen LogP contribution in [0.3, 0.4) is 0 Å². The lowest BCUT2D eigenvalue weighted by molar-refractivity contribution is -0.386. The second-order valence-corrected chi connectivity index (χ2v) is 4.58. The van der Waals surface area contributed by atoms with Crippen molar-refractivity contribution in [2.45, 2.75) is 6.92 Å². The van der Waals surface area contributed by atoms with Crippen LogP contribution in [-0.2, 0) is 0 Å². The highest BCUT2D eigenvalue weighted by atomic mass is 35.5. The molecule has 0 atom stereocenters. The molecule has 0 aliphatic rings. The maximum absolute atomic E-state index is 10.9. The Morgan fingerprint density at radius 2 is 2.11 bits per heavy atom. The first kappa shape index (κ1) is 13.6. The third kappa shape index (κ3) is 2.94. The largest absolute Gasteiger partial charge is 0.349 e. The summed E-state index contributed by atoms with van der Waals surface area (Å²) in [7, 11) is 0. The Kier molecular flexibility index (Phi) is 3.87. The minimum absolute atomic E-state index is 0.0773. The zero-order valence-corrected chi connectivity index (χ0v) is 11.3. The molecule has 0 unspecified atom stereocenters. The van der Waals surface area contributed by atoms with Gasteiger partial charge in [0.1, 0.15) is 0 Å². The molecular weight excluding hydrogens is 291 g/mol. The number of benzene rings is 1. The van der Waals surface area contributed by atoms with Crippen LogP contribution in [0, 0.1) is 17.0 Å². The summed E-state index contributed by atoms with van der Waals surface area (Å²) in [5.41, 5.74) is 0.752. The average Bonchev–Trinajstić information content (AvgIpc) is 2.69. The molecule has 0 bridgehead atoms. The molecule has 1 aromatic carbocycles. The molecule has 0 saturated heterocycles. The van der Waals surface area contributed by atoms with Gasteiger partial charge in [-0.15, -0.1) is 0 Å². The Morgan fingerprint density at radius 1 is 1.37 bits per heavy atom. The number of nitrogens with zero attached hydrogens (tertiary/aromatic N) is 2. The fraction of sp³-hybridized carbons (Fsp3) is 0.0833. The van der Waals surface area contributed by atoms with Gasteiger partial charge >= 0.3 is 5.69 Å². The van der Waals surface area contributed by atoms with Gasteiger partial charge in [0.25, 0.3) is 0 Å². The van der Waals surface area contributed by atoms with Crippen molar-refractivity contribution in [3.63, 3.8) is 0 Å². The standard InChI is InChI=1S/C12H8Cl2N2O3/c1-7-12(16(17)18)11(19-15-7)5-3-8-2-4-9(13)6-10(8)14/h2-6H,1H3/b5-3-. The van der Waals surface area contributed by atoms with Gasteiger partial charge in [0, 0.05) is 10.0 Å². The number of halogens is 2. The lowest BCUT2D eigenvalue weighted by Gasteiger charge is -1.97. The molecule has 0 amide bonds. The molecule has 0 N–H and O–H groups in total. The topological polar surface area (TPSA) is 69.2 Å². The quantitative estimate of drug-likeness (QED) is 0.623. The van der Waals surface area contributed by atoms with Gasteiger partial charge in [-0.1, -0.05) is 34.4 Å². The van der Waals surface area contributed by atoms with Crippen molar-refractivity contribution in [2.75, 3.05) is 0 Å². The van der Waals surface area contributed by atoms with Gasteiger partial charge in [-0.25, -0.2) is 0 Å². The van der Waals surface area contributed by atoms with Crippen molar-refractivity contribution in [1.82, 2.24) is 5.16 Å². The fourth-order valence-corrected chi connectivity index (χ4v) is 1.99. The molecule has 0 radical (unpaired) electrons. The van der Waals surface area contributed by atoms with Gasteiger partial charge in [0.05, 0.1) is 4.92 Å². The van der Waals surface area contributed by atoms with Gasteiger partial charge in [0.15, 0.2) is 5.69 Å². The first-order valence-corrected chi connectivity index (χ1v) is 5.98. The fourth-order valence-electron chi connectivity index (χ4n) is 1.52. The van der Waals surface area contributed by atoms with Crippen LogP contribution in [0.25, 0.3) is 12.2 Å². The predicted octanol–water partition coefficient (Wildman–Crippen LogP) is 4.37. The zero-order valence-electron chi connectivity index (χ0n) is 9.76. The molecule has 0 aliphatic heterocycles. The number of aryl methyl sites for hydroxylation is 1. The van der Waals surface area contributed by atoms with E-state index in [2.05, 4.69) is 5.16 Å². The normalized spacial score (nSPS) is 11.1. The Balaban J connectivity index is 2.35. The van der Waals surface area contributed by atoms with E-state index in [0.717, 1.165) is 0 Å². The highest BCUT2D eigenvalue weighted by molar-refractivity contribution is 6.35. The second-order valence-electron chi connectivity index (χ2n) is 3.74. The summed E-state index contributed by atoms with van der Waals surface area (Å²) in [6, 6.07) is 4.96. The first-order valence-electron chi connectivity index (χ1n) is 5.23. The van der Waals surface area contributed by atoms with Crippen LogP contribution in [0.15, 0.2) is 22.7 Å². The maximum Gasteiger partial charge on any atom is 0.338 e. The van der Waals surface area contributed by atoms with Crippen LogP contribution in [0.4, 0.5) is 5.69 Å². The summed E-state index contributed by atoms with van der Waals surface area (Å²) in [5, 5.41) is 15.4. The van der Waals surface area contributed by atoms with E-state index in [9.17, 15) is 10.1 Å². The Labute approximate surface area is 118 Å². The van der Waals surface area contributed by atoms with Crippen LogP contribution >= 0.6 is 23.2 Å². The molecule has 2 aromatic rings. The molecule has 98 valence electrons. The van der Waals surface area contributed by atoms with Gasteiger partial charge in [-0.2, -0.15) is 0 Å². The van der Waals surface area contributed by atoms with E-state index in [4.69, 9.17) is 27.7 Å². The predicted molar refractivity (Wildman–Crippen MR) is 73.3 cm³/mol. The van der Waals surface area contributed by atoms with Gasteiger partial charge in [-0.05, 0) is 36.8 Å². The van der Waals surface area contributed by atoms with Crippen molar-refractivity contribution < 1.29 is 9.45 Å². The van der Waals surface area contributed by atoms with E-state index in [0.29, 0.717) is 15.6 Å². The molecule has 5 nitrogen and oxygen atoms in total. The van der Waals surface area contributed by atoms with Crippen molar-refractivity contribution >= 4 is 41.0 Å². The monoisotopic (exact) mass is 298 g/mol. The summed E-state index contributed by atoms with van der Waals surface area (Å²) in [5.74, 6) is 0.0773. The summed E-state index contributed by atoms with van der Waals surface area (Å²) < 4.78 is 4.89. The third-order valence-corrected chi connectivity index (χ3v) is 2.98. The second kappa shape index (κ2) is 5.42. The molecule has 0 fully saturated rings. The van der Waals surface area contributed by atoms with Crippen LogP contribution in [0.2, 0.25) is 10.0 Å². The van der Waals surface area contributed by atoms with Crippen molar-refractivity contribution in [3.8, 4) is 0 Å². The lowest BCUT2D eigenvalue weighted by Crippen LogP contribution is -1.90. The van der Waals surface area contributed by atoms with Gasteiger partial charge < -0.3 is 4.52 Å². The van der Waals surface area contributed by atoms with Crippen molar-refractivity contribution in [2.24, 2.45) is 0 Å². The van der Waals surface area contributed by atoms with E-state index < -0.39 is 4.92 Å². The van der Waals surface area contributed by atoms with E-state index in [1.54, 1.807) is 24.3 Å². The average molecular weight is 299 g/mol. The molecule has 0 spiro atoms. The zero-order chi connectivity index (χ0) is 14.0. The first-order chi connectivity index (χ1) is 8.99. The molecule has 2 rings (SSSR count). The summed E-state index contributed by atoms with van der Waals surface area (Å²) in [4.78, 5) is 10.3. The lowest BCUT2D eigenvalue weighted by atomic mass is 10.2. The Morgan fingerprint density at radius 3 is 2.74 bits per heavy atom. The number of rotatable bonds is 3. The molecular formula is C12H8Cl2N2O3. The van der Waals surface area contributed by atoms with Crippen LogP contribution in [-0.4, -0.2) is 10.1 Å². The smallest absolute Gasteiger partial charge is 0.338 e. The number of nitro groups is 1. The van der Waals surface area contributed by atoms with Crippen LogP contribution < -0.4 is 0 Å². The molecule has 1 aromatic heterocycles. The highest BCUT2D eigenvalue weighted by Crippen LogP contribution is 2.27. The molecule has 7 heteroatoms. The van der Waals surface area contributed by atoms with Crippen LogP contribution in [0.1, 0.15) is 17.0 Å². The number of hydrogen-bond acceptors (Lipinski definition) is 4. The van der Waals surface area contributed by atoms with E-state index in [1.165, 1.54) is 13.0 Å². The molecule has 1 heterocycles. The minimum atomic E-state index is -0.533. The highest BCUT2D eigenvalue weighted by Gasteiger charge is 2.21. The van der Waals surface area contributed by atoms with E-state index in [-0.39, 0.29) is 17.1 Å². The van der Waals surface area contributed by atoms with Crippen molar-refractivity contribution in [3.05, 3.63) is 55.4 Å². The number of hydrogen-bond donors (Lipinski definition) is 0. The van der Waals surface area contributed by atoms with E-state index >= 15 is 0 Å². The minimum Gasteiger partial charge on any atom is -0.349 e. The summed E-state index contributed by atoms with van der Waals surface area (Å²) >= 11 is 11.8.